The van der Waals surface area contributed by atoms with Gasteiger partial charge < -0.3 is 5.32 Å². The summed E-state index contributed by atoms with van der Waals surface area (Å²) in [6.07, 6.45) is 6.40. The van der Waals surface area contributed by atoms with Crippen LogP contribution in [0.4, 0.5) is 5.82 Å². The van der Waals surface area contributed by atoms with E-state index in [0.29, 0.717) is 17.6 Å². The van der Waals surface area contributed by atoms with Crippen molar-refractivity contribution in [2.24, 2.45) is 0 Å². The molecule has 24 heavy (non-hydrogen) atoms. The predicted octanol–water partition coefficient (Wildman–Crippen LogP) is 3.00. The van der Waals surface area contributed by atoms with Crippen molar-refractivity contribution < 1.29 is 0 Å². The Balaban J connectivity index is 1.43. The van der Waals surface area contributed by atoms with E-state index in [0.717, 1.165) is 31.6 Å². The molecule has 2 aliphatic rings. The molecule has 1 atom stereocenters. The largest absolute Gasteiger partial charge is 0.365 e. The van der Waals surface area contributed by atoms with E-state index in [2.05, 4.69) is 45.5 Å². The monoisotopic (exact) mass is 318 g/mol. The van der Waals surface area contributed by atoms with E-state index in [1.807, 2.05) is 12.1 Å². The zero-order valence-electron chi connectivity index (χ0n) is 13.8. The SMILES string of the molecule is N#Cc1cccnc1NC1CCCN(C2Cc3ccccc3C2)C1. The molecule has 2 heterocycles. The van der Waals surface area contributed by atoms with Crippen LogP contribution in [-0.2, 0) is 12.8 Å². The number of aromatic nitrogens is 1. The van der Waals surface area contributed by atoms with E-state index in [1.54, 1.807) is 6.20 Å². The van der Waals surface area contributed by atoms with Crippen molar-refractivity contribution >= 4 is 5.82 Å². The Morgan fingerprint density at radius 2 is 1.92 bits per heavy atom. The summed E-state index contributed by atoms with van der Waals surface area (Å²) in [5.41, 5.74) is 3.64. The van der Waals surface area contributed by atoms with E-state index >= 15 is 0 Å². The van der Waals surface area contributed by atoms with E-state index in [-0.39, 0.29) is 0 Å². The zero-order chi connectivity index (χ0) is 16.4. The van der Waals surface area contributed by atoms with Crippen LogP contribution in [0.1, 0.15) is 29.5 Å². The highest BCUT2D eigenvalue weighted by atomic mass is 15.2. The maximum atomic E-state index is 9.23. The lowest BCUT2D eigenvalue weighted by Crippen LogP contribution is -2.47. The third kappa shape index (κ3) is 3.00. The highest BCUT2D eigenvalue weighted by Gasteiger charge is 2.30. The number of nitriles is 1. The standard InChI is InChI=1S/C20H22N4/c21-13-17-7-3-9-22-20(17)23-18-8-4-10-24(14-18)19-11-15-5-1-2-6-16(15)12-19/h1-3,5-7,9,18-19H,4,8,10-12,14H2,(H,22,23). The lowest BCUT2D eigenvalue weighted by Gasteiger charge is -2.37. The van der Waals surface area contributed by atoms with Gasteiger partial charge in [-0.15, -0.1) is 0 Å². The molecule has 1 N–H and O–H groups in total. The van der Waals surface area contributed by atoms with E-state index in [9.17, 15) is 5.26 Å². The number of pyridine rings is 1. The molecule has 0 amide bonds. The molecule has 2 aromatic rings. The van der Waals surface area contributed by atoms with Gasteiger partial charge in [0.25, 0.3) is 0 Å². The summed E-state index contributed by atoms with van der Waals surface area (Å²) in [7, 11) is 0. The second kappa shape index (κ2) is 6.62. The van der Waals surface area contributed by atoms with Gasteiger partial charge in [-0.2, -0.15) is 5.26 Å². The number of benzene rings is 1. The van der Waals surface area contributed by atoms with Crippen molar-refractivity contribution in [3.8, 4) is 6.07 Å². The molecule has 0 radical (unpaired) electrons. The average molecular weight is 318 g/mol. The smallest absolute Gasteiger partial charge is 0.144 e. The van der Waals surface area contributed by atoms with Gasteiger partial charge in [0, 0.05) is 24.8 Å². The van der Waals surface area contributed by atoms with Gasteiger partial charge in [0.2, 0.25) is 0 Å². The van der Waals surface area contributed by atoms with Crippen molar-refractivity contribution in [3.05, 3.63) is 59.3 Å². The molecule has 122 valence electrons. The van der Waals surface area contributed by atoms with Gasteiger partial charge in [-0.3, -0.25) is 4.90 Å². The molecule has 0 saturated carbocycles. The number of anilines is 1. The van der Waals surface area contributed by atoms with Gasteiger partial charge in [-0.05, 0) is 55.5 Å². The fourth-order valence-corrected chi connectivity index (χ4v) is 4.05. The van der Waals surface area contributed by atoms with Crippen LogP contribution in [0.2, 0.25) is 0 Å². The van der Waals surface area contributed by atoms with Crippen molar-refractivity contribution in [1.29, 1.82) is 5.26 Å². The van der Waals surface area contributed by atoms with Crippen molar-refractivity contribution in [2.45, 2.75) is 37.8 Å². The Morgan fingerprint density at radius 3 is 2.67 bits per heavy atom. The topological polar surface area (TPSA) is 52.0 Å². The highest BCUT2D eigenvalue weighted by molar-refractivity contribution is 5.51. The van der Waals surface area contributed by atoms with Crippen molar-refractivity contribution in [2.75, 3.05) is 18.4 Å². The van der Waals surface area contributed by atoms with E-state index < -0.39 is 0 Å². The van der Waals surface area contributed by atoms with Gasteiger partial charge in [-0.1, -0.05) is 24.3 Å². The minimum atomic E-state index is 0.365. The maximum absolute atomic E-state index is 9.23. The Labute approximate surface area is 143 Å². The first-order chi connectivity index (χ1) is 11.8. The molecule has 1 aliphatic heterocycles. The van der Waals surface area contributed by atoms with Gasteiger partial charge in [0.15, 0.2) is 0 Å². The lowest BCUT2D eigenvalue weighted by atomic mass is 10.0. The first-order valence-corrected chi connectivity index (χ1v) is 8.76. The number of nitrogens with one attached hydrogen (secondary N) is 1. The molecule has 1 saturated heterocycles. The molecule has 1 unspecified atom stereocenters. The predicted molar refractivity (Wildman–Crippen MR) is 94.8 cm³/mol. The van der Waals surface area contributed by atoms with Crippen LogP contribution in [0.5, 0.6) is 0 Å². The average Bonchev–Trinajstić information content (AvgIpc) is 3.07. The number of rotatable bonds is 3. The van der Waals surface area contributed by atoms with Crippen LogP contribution >= 0.6 is 0 Å². The molecule has 1 aromatic heterocycles. The first-order valence-electron chi connectivity index (χ1n) is 8.76. The summed E-state index contributed by atoms with van der Waals surface area (Å²) in [5.74, 6) is 0.724. The second-order valence-electron chi connectivity index (χ2n) is 6.82. The molecule has 1 aliphatic carbocycles. The van der Waals surface area contributed by atoms with E-state index in [4.69, 9.17) is 0 Å². The van der Waals surface area contributed by atoms with Gasteiger partial charge >= 0.3 is 0 Å². The molecule has 1 fully saturated rings. The number of nitrogens with zero attached hydrogens (tertiary/aromatic N) is 3. The van der Waals surface area contributed by atoms with Crippen LogP contribution in [0.25, 0.3) is 0 Å². The minimum Gasteiger partial charge on any atom is -0.365 e. The van der Waals surface area contributed by atoms with Gasteiger partial charge in [0.1, 0.15) is 11.9 Å². The molecule has 4 heteroatoms. The Kier molecular flexibility index (Phi) is 4.18. The molecular formula is C20H22N4. The van der Waals surface area contributed by atoms with Crippen LogP contribution in [-0.4, -0.2) is 35.1 Å². The third-order valence-corrected chi connectivity index (χ3v) is 5.27. The number of piperidine rings is 1. The van der Waals surface area contributed by atoms with Crippen molar-refractivity contribution in [3.63, 3.8) is 0 Å². The first kappa shape index (κ1) is 15.2. The Bertz CT molecular complexity index is 739. The number of likely N-dealkylation sites (tertiary alicyclic amines) is 1. The molecule has 0 spiro atoms. The molecule has 4 rings (SSSR count). The van der Waals surface area contributed by atoms with Crippen LogP contribution in [0.15, 0.2) is 42.6 Å². The lowest BCUT2D eigenvalue weighted by molar-refractivity contribution is 0.158. The van der Waals surface area contributed by atoms with Crippen LogP contribution in [0.3, 0.4) is 0 Å². The van der Waals surface area contributed by atoms with E-state index in [1.165, 1.54) is 24.1 Å². The van der Waals surface area contributed by atoms with Crippen LogP contribution in [0, 0.1) is 11.3 Å². The summed E-state index contributed by atoms with van der Waals surface area (Å²) in [6, 6.07) is 15.7. The summed E-state index contributed by atoms with van der Waals surface area (Å²) < 4.78 is 0. The summed E-state index contributed by atoms with van der Waals surface area (Å²) in [6.45, 7) is 2.20. The summed E-state index contributed by atoms with van der Waals surface area (Å²) in [4.78, 5) is 6.97. The number of hydrogen-bond acceptors (Lipinski definition) is 4. The summed E-state index contributed by atoms with van der Waals surface area (Å²) >= 11 is 0. The number of hydrogen-bond donors (Lipinski definition) is 1. The number of fused-ring (bicyclic) bond motifs is 1. The van der Waals surface area contributed by atoms with Crippen molar-refractivity contribution in [1.82, 2.24) is 9.88 Å². The second-order valence-corrected chi connectivity index (χ2v) is 6.82. The zero-order valence-corrected chi connectivity index (χ0v) is 13.8. The normalized spacial score (nSPS) is 21.2. The Morgan fingerprint density at radius 1 is 1.12 bits per heavy atom. The Hall–Kier alpha value is -2.38. The summed E-state index contributed by atoms with van der Waals surface area (Å²) in [5, 5.41) is 12.7. The minimum absolute atomic E-state index is 0.365. The maximum Gasteiger partial charge on any atom is 0.144 e. The molecule has 0 bridgehead atoms. The third-order valence-electron chi connectivity index (χ3n) is 5.27. The van der Waals surface area contributed by atoms with Gasteiger partial charge in [-0.25, -0.2) is 4.98 Å². The van der Waals surface area contributed by atoms with Gasteiger partial charge in [0.05, 0.1) is 5.56 Å². The highest BCUT2D eigenvalue weighted by Crippen LogP contribution is 2.28. The van der Waals surface area contributed by atoms with Crippen LogP contribution < -0.4 is 5.32 Å². The fourth-order valence-electron chi connectivity index (χ4n) is 4.05. The molecule has 4 nitrogen and oxygen atoms in total. The molecule has 1 aromatic carbocycles. The quantitative estimate of drug-likeness (QED) is 0.945. The fraction of sp³-hybridized carbons (Fsp3) is 0.400. The molecular weight excluding hydrogens is 296 g/mol.